The molecule has 2 aromatic carbocycles. The Bertz CT molecular complexity index is 1000. The highest BCUT2D eigenvalue weighted by Gasteiger charge is 2.05. The standard InChI is InChI=1S/C21H19FN2O3S/c1-14-23-17(13-28-14)12-27-18-5-3-4-15(10-18)6-9-21(25)24-16-7-8-20(26-2)19(22)11-16/h3-11,13H,12H2,1-2H3,(H,24,25)/b9-6+. The van der Waals surface area contributed by atoms with Gasteiger partial charge in [0, 0.05) is 23.2 Å². The van der Waals surface area contributed by atoms with E-state index < -0.39 is 5.82 Å². The first-order chi connectivity index (χ1) is 13.5. The van der Waals surface area contributed by atoms with Gasteiger partial charge in [-0.25, -0.2) is 9.37 Å². The molecule has 28 heavy (non-hydrogen) atoms. The normalized spacial score (nSPS) is 10.8. The van der Waals surface area contributed by atoms with Crippen molar-refractivity contribution in [3.8, 4) is 11.5 Å². The van der Waals surface area contributed by atoms with E-state index in [1.165, 1.54) is 25.3 Å². The molecule has 0 aliphatic rings. The SMILES string of the molecule is COc1ccc(NC(=O)/C=C/c2cccc(OCc3csc(C)n3)c2)cc1F. The topological polar surface area (TPSA) is 60.5 Å². The summed E-state index contributed by atoms with van der Waals surface area (Å²) < 4.78 is 24.3. The first kappa shape index (κ1) is 19.6. The minimum absolute atomic E-state index is 0.123. The van der Waals surface area contributed by atoms with Crippen LogP contribution in [0.4, 0.5) is 10.1 Å². The van der Waals surface area contributed by atoms with Crippen molar-refractivity contribution in [2.24, 2.45) is 0 Å². The largest absolute Gasteiger partial charge is 0.494 e. The molecular formula is C21H19FN2O3S. The summed E-state index contributed by atoms with van der Waals surface area (Å²) in [5.41, 5.74) is 2.04. The summed E-state index contributed by atoms with van der Waals surface area (Å²) >= 11 is 1.58. The van der Waals surface area contributed by atoms with E-state index in [-0.39, 0.29) is 11.7 Å². The number of carbonyl (C=O) groups is 1. The molecule has 0 atom stereocenters. The van der Waals surface area contributed by atoms with Gasteiger partial charge >= 0.3 is 0 Å². The lowest BCUT2D eigenvalue weighted by Crippen LogP contribution is -2.08. The van der Waals surface area contributed by atoms with Gasteiger partial charge in [-0.2, -0.15) is 0 Å². The number of methoxy groups -OCH3 is 1. The van der Waals surface area contributed by atoms with E-state index in [4.69, 9.17) is 9.47 Å². The van der Waals surface area contributed by atoms with Gasteiger partial charge in [0.15, 0.2) is 11.6 Å². The van der Waals surface area contributed by atoms with Gasteiger partial charge in [-0.3, -0.25) is 4.79 Å². The maximum atomic E-state index is 13.7. The van der Waals surface area contributed by atoms with Crippen LogP contribution in [0.2, 0.25) is 0 Å². The lowest BCUT2D eigenvalue weighted by atomic mass is 10.2. The van der Waals surface area contributed by atoms with Crippen molar-refractivity contribution in [3.05, 3.63) is 76.0 Å². The average Bonchev–Trinajstić information content (AvgIpc) is 3.10. The summed E-state index contributed by atoms with van der Waals surface area (Å²) in [7, 11) is 1.38. The molecule has 0 radical (unpaired) electrons. The molecule has 1 amide bonds. The lowest BCUT2D eigenvalue weighted by Gasteiger charge is -2.06. The number of nitrogens with zero attached hydrogens (tertiary/aromatic N) is 1. The molecule has 3 rings (SSSR count). The number of rotatable bonds is 7. The second kappa shape index (κ2) is 9.14. The molecule has 0 bridgehead atoms. The molecular weight excluding hydrogens is 379 g/mol. The van der Waals surface area contributed by atoms with Crippen LogP contribution in [0.25, 0.3) is 6.08 Å². The number of hydrogen-bond donors (Lipinski definition) is 1. The van der Waals surface area contributed by atoms with E-state index in [9.17, 15) is 9.18 Å². The van der Waals surface area contributed by atoms with Crippen LogP contribution in [-0.4, -0.2) is 18.0 Å². The number of aryl methyl sites for hydroxylation is 1. The van der Waals surface area contributed by atoms with Crippen LogP contribution < -0.4 is 14.8 Å². The molecule has 3 aromatic rings. The Morgan fingerprint density at radius 3 is 2.86 bits per heavy atom. The molecule has 0 fully saturated rings. The minimum Gasteiger partial charge on any atom is -0.494 e. The second-order valence-corrected chi connectivity index (χ2v) is 6.95. The van der Waals surface area contributed by atoms with E-state index in [0.29, 0.717) is 18.0 Å². The molecule has 144 valence electrons. The lowest BCUT2D eigenvalue weighted by molar-refractivity contribution is -0.111. The molecule has 1 N–H and O–H groups in total. The monoisotopic (exact) mass is 398 g/mol. The average molecular weight is 398 g/mol. The summed E-state index contributed by atoms with van der Waals surface area (Å²) in [6.45, 7) is 2.34. The van der Waals surface area contributed by atoms with Gasteiger partial charge in [-0.1, -0.05) is 12.1 Å². The van der Waals surface area contributed by atoms with Crippen LogP contribution in [0.15, 0.2) is 53.9 Å². The predicted octanol–water partition coefficient (Wildman–Crippen LogP) is 4.83. The van der Waals surface area contributed by atoms with Gasteiger partial charge in [0.1, 0.15) is 12.4 Å². The maximum absolute atomic E-state index is 13.7. The van der Waals surface area contributed by atoms with Gasteiger partial charge in [0.25, 0.3) is 0 Å². The molecule has 1 heterocycles. The Morgan fingerprint density at radius 2 is 2.14 bits per heavy atom. The summed E-state index contributed by atoms with van der Waals surface area (Å²) in [5, 5.41) is 5.57. The number of thiazole rings is 1. The van der Waals surface area contributed by atoms with Gasteiger partial charge in [-0.05, 0) is 42.8 Å². The third-order valence-corrected chi connectivity index (χ3v) is 4.58. The highest BCUT2D eigenvalue weighted by Crippen LogP contribution is 2.21. The van der Waals surface area contributed by atoms with E-state index in [1.807, 2.05) is 36.6 Å². The van der Waals surface area contributed by atoms with Crippen LogP contribution in [0.5, 0.6) is 11.5 Å². The van der Waals surface area contributed by atoms with E-state index in [1.54, 1.807) is 23.5 Å². The van der Waals surface area contributed by atoms with Gasteiger partial charge in [-0.15, -0.1) is 11.3 Å². The van der Waals surface area contributed by atoms with Crippen molar-refractivity contribution in [2.45, 2.75) is 13.5 Å². The number of nitrogens with one attached hydrogen (secondary N) is 1. The number of aromatic nitrogens is 1. The van der Waals surface area contributed by atoms with Crippen LogP contribution in [0, 0.1) is 12.7 Å². The summed E-state index contributed by atoms with van der Waals surface area (Å²) in [4.78, 5) is 16.4. The molecule has 0 aliphatic carbocycles. The highest BCUT2D eigenvalue weighted by atomic mass is 32.1. The Labute approximate surface area is 166 Å². The number of hydrogen-bond acceptors (Lipinski definition) is 5. The Balaban J connectivity index is 1.58. The zero-order chi connectivity index (χ0) is 19.9. The summed E-state index contributed by atoms with van der Waals surface area (Å²) in [6, 6.07) is 11.6. The Morgan fingerprint density at radius 1 is 1.29 bits per heavy atom. The van der Waals surface area contributed by atoms with Crippen molar-refractivity contribution in [1.29, 1.82) is 0 Å². The van der Waals surface area contributed by atoms with Gasteiger partial charge < -0.3 is 14.8 Å². The zero-order valence-corrected chi connectivity index (χ0v) is 16.3. The molecule has 7 heteroatoms. The van der Waals surface area contributed by atoms with Crippen molar-refractivity contribution in [1.82, 2.24) is 4.98 Å². The van der Waals surface area contributed by atoms with Crippen LogP contribution in [0.3, 0.4) is 0 Å². The number of amides is 1. The van der Waals surface area contributed by atoms with Crippen molar-refractivity contribution in [3.63, 3.8) is 0 Å². The Hall–Kier alpha value is -3.19. The van der Waals surface area contributed by atoms with E-state index in [0.717, 1.165) is 16.3 Å². The number of halogens is 1. The molecule has 0 unspecified atom stereocenters. The maximum Gasteiger partial charge on any atom is 0.248 e. The zero-order valence-electron chi connectivity index (χ0n) is 15.4. The minimum atomic E-state index is -0.538. The first-order valence-electron chi connectivity index (χ1n) is 8.50. The number of ether oxygens (including phenoxy) is 2. The molecule has 5 nitrogen and oxygen atoms in total. The van der Waals surface area contributed by atoms with E-state index >= 15 is 0 Å². The van der Waals surface area contributed by atoms with Crippen LogP contribution in [-0.2, 0) is 11.4 Å². The summed E-state index contributed by atoms with van der Waals surface area (Å²) in [6.07, 6.45) is 3.04. The van der Waals surface area contributed by atoms with Crippen LogP contribution >= 0.6 is 11.3 Å². The number of benzene rings is 2. The fourth-order valence-electron chi connectivity index (χ4n) is 2.44. The number of anilines is 1. The molecule has 1 aromatic heterocycles. The van der Waals surface area contributed by atoms with E-state index in [2.05, 4.69) is 10.3 Å². The predicted molar refractivity (Wildman–Crippen MR) is 108 cm³/mol. The quantitative estimate of drug-likeness (QED) is 0.579. The molecule has 0 spiro atoms. The third kappa shape index (κ3) is 5.40. The number of carbonyl (C=O) groups excluding carboxylic acids is 1. The van der Waals surface area contributed by atoms with Crippen molar-refractivity contribution >= 4 is 29.0 Å². The van der Waals surface area contributed by atoms with Crippen LogP contribution in [0.1, 0.15) is 16.3 Å². The summed E-state index contributed by atoms with van der Waals surface area (Å²) in [5.74, 6) is -0.0955. The van der Waals surface area contributed by atoms with Crippen molar-refractivity contribution in [2.75, 3.05) is 12.4 Å². The Kier molecular flexibility index (Phi) is 6.39. The van der Waals surface area contributed by atoms with Gasteiger partial charge in [0.2, 0.25) is 5.91 Å². The highest BCUT2D eigenvalue weighted by molar-refractivity contribution is 7.09. The fourth-order valence-corrected chi connectivity index (χ4v) is 3.04. The smallest absolute Gasteiger partial charge is 0.248 e. The second-order valence-electron chi connectivity index (χ2n) is 5.89. The molecule has 0 aliphatic heterocycles. The third-order valence-electron chi connectivity index (χ3n) is 3.76. The molecule has 0 saturated carbocycles. The van der Waals surface area contributed by atoms with Crippen molar-refractivity contribution < 1.29 is 18.7 Å². The first-order valence-corrected chi connectivity index (χ1v) is 9.38. The fraction of sp³-hybridized carbons (Fsp3) is 0.143. The van der Waals surface area contributed by atoms with Gasteiger partial charge in [0.05, 0.1) is 17.8 Å². The molecule has 0 saturated heterocycles.